The number of rotatable bonds is 6. The van der Waals surface area contributed by atoms with Crippen LogP contribution in [0, 0.1) is 5.92 Å². The molecule has 0 spiro atoms. The smallest absolute Gasteiger partial charge is 0.230 e. The monoisotopic (exact) mass is 374 g/mol. The van der Waals surface area contributed by atoms with Crippen LogP contribution in [-0.4, -0.2) is 39.6 Å². The average Bonchev–Trinajstić information content (AvgIpc) is 3.02. The van der Waals surface area contributed by atoms with E-state index in [0.717, 1.165) is 28.7 Å². The Morgan fingerprint density at radius 3 is 2.85 bits per heavy atom. The molecule has 6 nitrogen and oxygen atoms in total. The van der Waals surface area contributed by atoms with Crippen molar-refractivity contribution >= 4 is 17.7 Å². The second-order valence-electron chi connectivity index (χ2n) is 6.79. The van der Waals surface area contributed by atoms with Gasteiger partial charge in [0.25, 0.3) is 0 Å². The van der Waals surface area contributed by atoms with Crippen molar-refractivity contribution in [2.75, 3.05) is 12.9 Å². The van der Waals surface area contributed by atoms with Gasteiger partial charge in [-0.15, -0.1) is 10.2 Å². The molecule has 1 aliphatic rings. The van der Waals surface area contributed by atoms with Crippen molar-refractivity contribution in [3.8, 4) is 17.1 Å². The number of methoxy groups -OCH3 is 1. The molecule has 0 aliphatic heterocycles. The van der Waals surface area contributed by atoms with Crippen LogP contribution in [0.4, 0.5) is 0 Å². The van der Waals surface area contributed by atoms with Gasteiger partial charge in [-0.2, -0.15) is 0 Å². The Labute approximate surface area is 158 Å². The molecule has 1 aliphatic carbocycles. The number of carbonyl (C=O) groups is 1. The number of thioether (sulfide) groups is 1. The molecule has 0 saturated heterocycles. The van der Waals surface area contributed by atoms with Crippen molar-refractivity contribution < 1.29 is 9.53 Å². The predicted molar refractivity (Wildman–Crippen MR) is 103 cm³/mol. The Bertz CT molecular complexity index is 762. The first-order chi connectivity index (χ1) is 12.6. The highest BCUT2D eigenvalue weighted by molar-refractivity contribution is 7.99. The first kappa shape index (κ1) is 18.8. The third-order valence-electron chi connectivity index (χ3n) is 4.97. The van der Waals surface area contributed by atoms with Crippen molar-refractivity contribution in [3.05, 3.63) is 24.3 Å². The third-order valence-corrected chi connectivity index (χ3v) is 5.99. The van der Waals surface area contributed by atoms with E-state index in [4.69, 9.17) is 4.74 Å². The van der Waals surface area contributed by atoms with Crippen molar-refractivity contribution in [2.24, 2.45) is 13.0 Å². The van der Waals surface area contributed by atoms with E-state index < -0.39 is 0 Å². The van der Waals surface area contributed by atoms with Gasteiger partial charge < -0.3 is 14.6 Å². The Balaban J connectivity index is 1.62. The van der Waals surface area contributed by atoms with E-state index in [9.17, 15) is 4.79 Å². The second kappa shape index (κ2) is 8.58. The van der Waals surface area contributed by atoms with Crippen LogP contribution in [0.3, 0.4) is 0 Å². The number of ether oxygens (including phenoxy) is 1. The summed E-state index contributed by atoms with van der Waals surface area (Å²) < 4.78 is 7.31. The number of carbonyl (C=O) groups excluding carboxylic acids is 1. The fourth-order valence-corrected chi connectivity index (χ4v) is 4.14. The number of hydrogen-bond acceptors (Lipinski definition) is 5. The summed E-state index contributed by atoms with van der Waals surface area (Å²) in [7, 11) is 3.55. The van der Waals surface area contributed by atoms with Crippen molar-refractivity contribution in [2.45, 2.75) is 43.8 Å². The summed E-state index contributed by atoms with van der Waals surface area (Å²) in [4.78, 5) is 12.3. The van der Waals surface area contributed by atoms with Gasteiger partial charge in [-0.05, 0) is 30.9 Å². The lowest BCUT2D eigenvalue weighted by atomic mass is 9.86. The summed E-state index contributed by atoms with van der Waals surface area (Å²) >= 11 is 1.41. The molecule has 2 aromatic rings. The van der Waals surface area contributed by atoms with Gasteiger partial charge in [0.15, 0.2) is 11.0 Å². The third kappa shape index (κ3) is 4.20. The molecule has 1 aromatic heterocycles. The molecule has 7 heteroatoms. The number of para-hydroxylation sites is 1. The van der Waals surface area contributed by atoms with Crippen molar-refractivity contribution in [3.63, 3.8) is 0 Å². The van der Waals surface area contributed by atoms with E-state index in [1.807, 2.05) is 35.9 Å². The maximum atomic E-state index is 12.3. The number of aromatic nitrogens is 3. The summed E-state index contributed by atoms with van der Waals surface area (Å²) in [5, 5.41) is 12.4. The van der Waals surface area contributed by atoms with Gasteiger partial charge >= 0.3 is 0 Å². The summed E-state index contributed by atoms with van der Waals surface area (Å²) in [5.41, 5.74) is 0.886. The van der Waals surface area contributed by atoms with E-state index in [0.29, 0.717) is 17.7 Å². The molecule has 1 aromatic carbocycles. The molecule has 140 valence electrons. The topological polar surface area (TPSA) is 69.0 Å². The highest BCUT2D eigenvalue weighted by Crippen LogP contribution is 2.30. The summed E-state index contributed by atoms with van der Waals surface area (Å²) in [6, 6.07) is 8.02. The maximum Gasteiger partial charge on any atom is 0.230 e. The van der Waals surface area contributed by atoms with Crippen molar-refractivity contribution in [1.82, 2.24) is 20.1 Å². The van der Waals surface area contributed by atoms with Gasteiger partial charge in [0.1, 0.15) is 5.75 Å². The van der Waals surface area contributed by atoms with Gasteiger partial charge in [0.2, 0.25) is 5.91 Å². The van der Waals surface area contributed by atoms with E-state index in [2.05, 4.69) is 22.4 Å². The predicted octanol–water partition coefficient (Wildman–Crippen LogP) is 3.28. The van der Waals surface area contributed by atoms with Gasteiger partial charge in [-0.3, -0.25) is 4.79 Å². The Morgan fingerprint density at radius 2 is 2.08 bits per heavy atom. The molecule has 1 saturated carbocycles. The largest absolute Gasteiger partial charge is 0.496 e. The first-order valence-electron chi connectivity index (χ1n) is 9.05. The molecule has 3 rings (SSSR count). The number of nitrogens with zero attached hydrogens (tertiary/aromatic N) is 3. The fraction of sp³-hybridized carbons (Fsp3) is 0.526. The van der Waals surface area contributed by atoms with Gasteiger partial charge in [-0.1, -0.05) is 43.7 Å². The Kier molecular flexibility index (Phi) is 6.19. The zero-order valence-corrected chi connectivity index (χ0v) is 16.4. The summed E-state index contributed by atoms with van der Waals surface area (Å²) in [6.07, 6.45) is 4.75. The molecule has 2 atom stereocenters. The number of nitrogens with one attached hydrogen (secondary N) is 1. The SMILES string of the molecule is COc1ccccc1-c1nnc(SCC(=O)N[C@H]2CCCC[C@H]2C)n1C. The molecule has 26 heavy (non-hydrogen) atoms. The molecular formula is C19H26N4O2S. The molecule has 0 bridgehead atoms. The first-order valence-corrected chi connectivity index (χ1v) is 10.0. The normalized spacial score (nSPS) is 20.0. The van der Waals surface area contributed by atoms with Crippen LogP contribution in [0.2, 0.25) is 0 Å². The summed E-state index contributed by atoms with van der Waals surface area (Å²) in [6.45, 7) is 2.22. The molecule has 0 radical (unpaired) electrons. The average molecular weight is 375 g/mol. The molecule has 0 unspecified atom stereocenters. The van der Waals surface area contributed by atoms with E-state index in [1.54, 1.807) is 7.11 Å². The minimum atomic E-state index is 0.0654. The second-order valence-corrected chi connectivity index (χ2v) is 7.73. The number of amides is 1. The van der Waals surface area contributed by atoms with Crippen LogP contribution in [-0.2, 0) is 11.8 Å². The zero-order valence-electron chi connectivity index (χ0n) is 15.6. The van der Waals surface area contributed by atoms with Gasteiger partial charge in [-0.25, -0.2) is 0 Å². The molecule has 1 fully saturated rings. The lowest BCUT2D eigenvalue weighted by Crippen LogP contribution is -2.41. The van der Waals surface area contributed by atoms with Crippen LogP contribution < -0.4 is 10.1 Å². The molecule has 1 heterocycles. The van der Waals surface area contributed by atoms with Crippen LogP contribution in [0.25, 0.3) is 11.4 Å². The molecular weight excluding hydrogens is 348 g/mol. The summed E-state index contributed by atoms with van der Waals surface area (Å²) in [5.74, 6) is 2.45. The molecule has 1 N–H and O–H groups in total. The van der Waals surface area contributed by atoms with Crippen LogP contribution in [0.1, 0.15) is 32.6 Å². The Morgan fingerprint density at radius 1 is 1.31 bits per heavy atom. The number of hydrogen-bond donors (Lipinski definition) is 1. The minimum absolute atomic E-state index is 0.0654. The fourth-order valence-electron chi connectivity index (χ4n) is 3.41. The van der Waals surface area contributed by atoms with E-state index >= 15 is 0 Å². The minimum Gasteiger partial charge on any atom is -0.496 e. The quantitative estimate of drug-likeness (QED) is 0.786. The standard InChI is InChI=1S/C19H26N4O2S/c1-13-8-4-6-10-15(13)20-17(24)12-26-19-22-21-18(23(19)2)14-9-5-7-11-16(14)25-3/h5,7,9,11,13,15H,4,6,8,10,12H2,1-3H3,(H,20,24)/t13-,15+/m1/s1. The van der Waals surface area contributed by atoms with E-state index in [1.165, 1.54) is 31.0 Å². The number of benzene rings is 1. The van der Waals surface area contributed by atoms with E-state index in [-0.39, 0.29) is 5.91 Å². The molecule has 1 amide bonds. The van der Waals surface area contributed by atoms with Crippen LogP contribution >= 0.6 is 11.8 Å². The van der Waals surface area contributed by atoms with Gasteiger partial charge in [0, 0.05) is 13.1 Å². The van der Waals surface area contributed by atoms with Crippen LogP contribution in [0.15, 0.2) is 29.4 Å². The maximum absolute atomic E-state index is 12.3. The van der Waals surface area contributed by atoms with Gasteiger partial charge in [0.05, 0.1) is 18.4 Å². The highest BCUT2D eigenvalue weighted by atomic mass is 32.2. The van der Waals surface area contributed by atoms with Crippen LogP contribution in [0.5, 0.6) is 5.75 Å². The lowest BCUT2D eigenvalue weighted by Gasteiger charge is -2.29. The van der Waals surface area contributed by atoms with Crippen molar-refractivity contribution in [1.29, 1.82) is 0 Å². The lowest BCUT2D eigenvalue weighted by molar-refractivity contribution is -0.119. The Hall–Kier alpha value is -2.02. The zero-order chi connectivity index (χ0) is 18.5. The highest BCUT2D eigenvalue weighted by Gasteiger charge is 2.23.